The maximum absolute atomic E-state index is 14.3. The Morgan fingerprint density at radius 1 is 0.535 bits per heavy atom. The van der Waals surface area contributed by atoms with Crippen molar-refractivity contribution in [3.8, 4) is 5.75 Å². The number of rotatable bonds is 42. The average molecular weight is 1230 g/mol. The lowest BCUT2D eigenvalue weighted by Crippen LogP contribution is -2.58. The minimum atomic E-state index is -2.31. The van der Waals surface area contributed by atoms with E-state index in [1.54, 1.807) is 12.1 Å². The fourth-order valence-corrected chi connectivity index (χ4v) is 8.65. The number of benzene rings is 3. The quantitative estimate of drug-likeness (QED) is 0.0142. The lowest BCUT2D eigenvalue weighted by Gasteiger charge is -2.26. The number of fused-ring (bicyclic) bond motifs is 1. The van der Waals surface area contributed by atoms with Crippen molar-refractivity contribution >= 4 is 66.1 Å². The zero-order chi connectivity index (χ0) is 62.0. The lowest BCUT2D eigenvalue weighted by molar-refractivity contribution is -0.134. The van der Waals surface area contributed by atoms with Crippen LogP contribution in [0.5, 0.6) is 5.75 Å². The molecule has 1 fully saturated rings. The molecule has 0 radical (unpaired) electrons. The number of ether oxygens (including phenoxy) is 8. The van der Waals surface area contributed by atoms with Gasteiger partial charge in [0.2, 0.25) is 41.4 Å². The molecule has 0 aromatic heterocycles. The zero-order valence-corrected chi connectivity index (χ0v) is 49.5. The molecule has 3 aromatic carbocycles. The largest absolute Gasteiger partial charge is 0.508 e. The standard InChI is InChI=1S/C57H85N10O18P/c58-57(59)62-18-4-8-47-55(74)67-48(39-42-9-12-43-5-1-2-6-44(43)37-42)53(72)63-40-52(71)64-49(38-41-10-13-45(68)14-11-41)56(75)66-46(54(73)65-47)7-3-17-60-50(69)15-20-78-22-24-80-26-28-82-30-32-84-34-35-85-33-31-83-29-27-81-25-23-79-21-19-61-51(70)16-36-86(76)77/h1-2,5-6,9-14,37,46-49H,3-4,7-8,15-36,38-40H2,(H12-,58,59,60,61,62,63,64,65,66,67,68,69,70,71,72,73,74,75,76,77)/p+1/t46-,47-,48-,49+/m0/s1. The van der Waals surface area contributed by atoms with Gasteiger partial charge >= 0.3 is 8.03 Å². The average Bonchev–Trinajstić information content (AvgIpc) is 2.75. The van der Waals surface area contributed by atoms with Gasteiger partial charge in [-0.1, -0.05) is 54.6 Å². The lowest BCUT2D eigenvalue weighted by atomic mass is 10.0. The molecule has 86 heavy (non-hydrogen) atoms. The van der Waals surface area contributed by atoms with Crippen LogP contribution in [0.15, 0.2) is 71.7 Å². The molecule has 5 atom stereocenters. The third-order valence-corrected chi connectivity index (χ3v) is 13.3. The molecule has 4 rings (SSSR count). The van der Waals surface area contributed by atoms with Crippen LogP contribution in [-0.2, 0) is 88.9 Å². The van der Waals surface area contributed by atoms with Gasteiger partial charge < -0.3 is 91.7 Å². The molecule has 0 bridgehead atoms. The molecular formula is C57H86N10O18P+. The van der Waals surface area contributed by atoms with Crippen molar-refractivity contribution in [1.29, 1.82) is 0 Å². The van der Waals surface area contributed by atoms with Crippen molar-refractivity contribution < 1.29 is 86.0 Å². The Morgan fingerprint density at radius 3 is 1.55 bits per heavy atom. The van der Waals surface area contributed by atoms with Crippen molar-refractivity contribution in [2.24, 2.45) is 16.5 Å². The van der Waals surface area contributed by atoms with Crippen LogP contribution < -0.4 is 48.7 Å². The van der Waals surface area contributed by atoms with Gasteiger partial charge in [0.05, 0.1) is 119 Å². The smallest absolute Gasteiger partial charge is 0.505 e. The van der Waals surface area contributed by atoms with E-state index in [4.69, 9.17) is 54.3 Å². The second-order valence-electron chi connectivity index (χ2n) is 19.5. The number of aromatic hydroxyl groups is 1. The van der Waals surface area contributed by atoms with Crippen molar-refractivity contribution in [2.75, 3.05) is 138 Å². The number of hydrogen-bond donors (Lipinski definition) is 11. The molecule has 1 saturated heterocycles. The number of carbonyl (C=O) groups excluding carboxylic acids is 7. The summed E-state index contributed by atoms with van der Waals surface area (Å²) in [5, 5.41) is 30.7. The molecule has 3 aromatic rings. The number of phenols is 1. The number of nitrogens with one attached hydrogen (secondary N) is 7. The highest BCUT2D eigenvalue weighted by Gasteiger charge is 2.33. The molecule has 7 amide bonds. The maximum Gasteiger partial charge on any atom is 0.505 e. The Balaban J connectivity index is 1.13. The van der Waals surface area contributed by atoms with Crippen molar-refractivity contribution in [3.63, 3.8) is 0 Å². The third kappa shape index (κ3) is 32.5. The monoisotopic (exact) mass is 1230 g/mol. The summed E-state index contributed by atoms with van der Waals surface area (Å²) in [6.07, 6.45) is 0.430. The van der Waals surface area contributed by atoms with E-state index in [-0.39, 0.29) is 114 Å². The first-order chi connectivity index (χ1) is 41.7. The van der Waals surface area contributed by atoms with E-state index in [1.807, 2.05) is 42.5 Å². The number of phenolic OH excluding ortho intramolecular Hbond substituents is 1. The molecule has 1 aliphatic rings. The van der Waals surface area contributed by atoms with Crippen LogP contribution in [0.2, 0.25) is 0 Å². The van der Waals surface area contributed by atoms with Crippen LogP contribution in [0.25, 0.3) is 10.8 Å². The van der Waals surface area contributed by atoms with Gasteiger partial charge in [0.25, 0.3) is 0 Å². The van der Waals surface area contributed by atoms with E-state index in [0.29, 0.717) is 104 Å². The molecule has 1 aliphatic heterocycles. The second-order valence-corrected chi connectivity index (χ2v) is 20.7. The third-order valence-electron chi connectivity index (χ3n) is 12.7. The first-order valence-corrected chi connectivity index (χ1v) is 30.1. The fraction of sp³-hybridized carbons (Fsp3) is 0.579. The number of nitrogens with two attached hydrogens (primary N) is 2. The molecule has 29 heteroatoms. The molecule has 1 unspecified atom stereocenters. The van der Waals surface area contributed by atoms with Crippen LogP contribution in [0.1, 0.15) is 49.7 Å². The van der Waals surface area contributed by atoms with Gasteiger partial charge in [-0.05, 0) is 64.3 Å². The van der Waals surface area contributed by atoms with Crippen LogP contribution in [0, 0.1) is 0 Å². The summed E-state index contributed by atoms with van der Waals surface area (Å²) in [5.41, 5.74) is 12.4. The second kappa shape index (κ2) is 43.6. The minimum Gasteiger partial charge on any atom is -0.508 e. The van der Waals surface area contributed by atoms with E-state index < -0.39 is 68.3 Å². The summed E-state index contributed by atoms with van der Waals surface area (Å²) in [4.78, 5) is 107. The van der Waals surface area contributed by atoms with Crippen molar-refractivity contribution in [1.82, 2.24) is 37.2 Å². The predicted octanol–water partition coefficient (Wildman–Crippen LogP) is -0.887. The van der Waals surface area contributed by atoms with Gasteiger partial charge in [-0.3, -0.25) is 38.6 Å². The summed E-state index contributed by atoms with van der Waals surface area (Å²) in [7, 11) is -2.31. The number of carbonyl (C=O) groups is 7. The maximum atomic E-state index is 14.3. The van der Waals surface area contributed by atoms with E-state index in [0.717, 1.165) is 10.8 Å². The van der Waals surface area contributed by atoms with Crippen LogP contribution in [0.3, 0.4) is 0 Å². The number of guanidine groups is 1. The van der Waals surface area contributed by atoms with E-state index in [9.17, 15) is 43.2 Å². The summed E-state index contributed by atoms with van der Waals surface area (Å²) in [6, 6.07) is 14.3. The molecule has 0 spiro atoms. The first kappa shape index (κ1) is 71.5. The highest BCUT2D eigenvalue weighted by atomic mass is 31.1. The van der Waals surface area contributed by atoms with Crippen LogP contribution in [-0.4, -0.2) is 220 Å². The van der Waals surface area contributed by atoms with Crippen molar-refractivity contribution in [2.45, 2.75) is 75.5 Å². The number of aliphatic imine (C=N–C) groups is 1. The van der Waals surface area contributed by atoms with Gasteiger partial charge in [-0.15, -0.1) is 0 Å². The number of amides is 7. The summed E-state index contributed by atoms with van der Waals surface area (Å²) < 4.78 is 54.5. The van der Waals surface area contributed by atoms with E-state index in [2.05, 4.69) is 42.2 Å². The molecular weight excluding hydrogens is 1140 g/mol. The summed E-state index contributed by atoms with van der Waals surface area (Å²) >= 11 is 0. The van der Waals surface area contributed by atoms with Crippen molar-refractivity contribution in [3.05, 3.63) is 77.9 Å². The Morgan fingerprint density at radius 2 is 0.988 bits per heavy atom. The Hall–Kier alpha value is -6.98. The van der Waals surface area contributed by atoms with Gasteiger partial charge in [-0.25, -0.2) is 0 Å². The molecule has 476 valence electrons. The first-order valence-electron chi connectivity index (χ1n) is 28.7. The van der Waals surface area contributed by atoms with Crippen LogP contribution in [0.4, 0.5) is 0 Å². The molecule has 0 saturated carbocycles. The molecule has 28 nitrogen and oxygen atoms in total. The summed E-state index contributed by atoms with van der Waals surface area (Å²) in [6.45, 7) is 5.53. The van der Waals surface area contributed by atoms with E-state index >= 15 is 0 Å². The Bertz CT molecular complexity index is 2570. The Kier molecular flexibility index (Phi) is 36.3. The Labute approximate surface area is 501 Å². The van der Waals surface area contributed by atoms with Gasteiger partial charge in [0.1, 0.15) is 29.9 Å². The SMILES string of the molecule is NC(N)=NCCC[C@@H]1NC(=O)[C@H](CCCNC(=O)CCOCCOCCOCCOCCOCCOCCOCCOCCNC(=O)CC[P+](=O)O)NC(=O)[C@@H](Cc2ccc(O)cc2)NC(=O)CNC(=O)[C@H](Cc2ccc3ccccc3c2)NC1=O. The molecule has 1 heterocycles. The number of nitrogens with zero attached hydrogens (tertiary/aromatic N) is 1. The predicted molar refractivity (Wildman–Crippen MR) is 316 cm³/mol. The highest BCUT2D eigenvalue weighted by molar-refractivity contribution is 7.38. The fourth-order valence-electron chi connectivity index (χ4n) is 8.26. The zero-order valence-electron chi connectivity index (χ0n) is 48.6. The topological polar surface area (TPSA) is 399 Å². The summed E-state index contributed by atoms with van der Waals surface area (Å²) in [5.74, 6) is -4.37. The van der Waals surface area contributed by atoms with Gasteiger partial charge in [0.15, 0.2) is 12.1 Å². The highest BCUT2D eigenvalue weighted by Crippen LogP contribution is 2.18. The van der Waals surface area contributed by atoms with Gasteiger partial charge in [0, 0.05) is 38.9 Å². The normalized spacial score (nSPS) is 17.0. The minimum absolute atomic E-state index is 0.00146. The van der Waals surface area contributed by atoms with Crippen LogP contribution >= 0.6 is 8.03 Å². The van der Waals surface area contributed by atoms with Gasteiger partial charge in [-0.2, -0.15) is 4.89 Å². The number of hydrogen-bond acceptors (Lipinski definition) is 18. The molecule has 0 aliphatic carbocycles. The molecule has 13 N–H and O–H groups in total. The van der Waals surface area contributed by atoms with E-state index in [1.165, 1.54) is 12.1 Å².